The van der Waals surface area contributed by atoms with Gasteiger partial charge < -0.3 is 9.47 Å². The van der Waals surface area contributed by atoms with Crippen molar-refractivity contribution in [3.05, 3.63) is 34.7 Å². The second-order valence-electron chi connectivity index (χ2n) is 5.71. The van der Waals surface area contributed by atoms with Gasteiger partial charge in [-0.1, -0.05) is 12.1 Å². The Kier molecular flexibility index (Phi) is 2.82. The van der Waals surface area contributed by atoms with Crippen LogP contribution in [0.2, 0.25) is 0 Å². The second kappa shape index (κ2) is 4.72. The van der Waals surface area contributed by atoms with Gasteiger partial charge >= 0.3 is 5.69 Å². The normalized spacial score (nSPS) is 15.2. The highest BCUT2D eigenvalue weighted by molar-refractivity contribution is 5.80. The lowest BCUT2D eigenvalue weighted by atomic mass is 10.3. The number of carbonyl (C=O) groups is 1. The fraction of sp³-hybridized carbons (Fsp3) is 0.400. The van der Waals surface area contributed by atoms with E-state index < -0.39 is 0 Å². The smallest absolute Gasteiger partial charge is 0.341 e. The molecule has 7 nitrogen and oxygen atoms in total. The number of imidazole rings is 1. The van der Waals surface area contributed by atoms with Crippen LogP contribution in [0.1, 0.15) is 12.8 Å². The van der Waals surface area contributed by atoms with Gasteiger partial charge in [-0.25, -0.2) is 13.9 Å². The number of carbonyl (C=O) groups excluding carboxylic acids is 1. The highest BCUT2D eigenvalue weighted by Crippen LogP contribution is 2.16. The molecule has 0 aliphatic carbocycles. The summed E-state index contributed by atoms with van der Waals surface area (Å²) < 4.78 is 4.70. The molecule has 0 saturated carbocycles. The van der Waals surface area contributed by atoms with Crippen molar-refractivity contribution < 1.29 is 4.79 Å². The SMILES string of the molecule is Cn1c2ccccc2n2c(=O)n(CC(=O)N3CCCC3)nc12. The lowest BCUT2D eigenvalue weighted by molar-refractivity contribution is -0.131. The number of likely N-dealkylation sites (tertiary alicyclic amines) is 1. The van der Waals surface area contributed by atoms with Crippen molar-refractivity contribution in [2.45, 2.75) is 19.4 Å². The molecular weight excluding hydrogens is 282 g/mol. The summed E-state index contributed by atoms with van der Waals surface area (Å²) in [6, 6.07) is 7.65. The van der Waals surface area contributed by atoms with Gasteiger partial charge in [-0.15, -0.1) is 5.10 Å². The summed E-state index contributed by atoms with van der Waals surface area (Å²) >= 11 is 0. The van der Waals surface area contributed by atoms with Crippen LogP contribution in [0.4, 0.5) is 0 Å². The van der Waals surface area contributed by atoms with Crippen molar-refractivity contribution in [3.8, 4) is 0 Å². The van der Waals surface area contributed by atoms with Gasteiger partial charge in [-0.3, -0.25) is 4.79 Å². The first-order chi connectivity index (χ1) is 10.7. The number of para-hydroxylation sites is 2. The Morgan fingerprint density at radius 2 is 1.86 bits per heavy atom. The minimum atomic E-state index is -0.264. The maximum Gasteiger partial charge on any atom is 0.352 e. The Hall–Kier alpha value is -2.57. The topological polar surface area (TPSA) is 64.5 Å². The van der Waals surface area contributed by atoms with Crippen LogP contribution in [0.3, 0.4) is 0 Å². The van der Waals surface area contributed by atoms with Crippen LogP contribution in [0.25, 0.3) is 16.8 Å². The van der Waals surface area contributed by atoms with Crippen LogP contribution in [-0.4, -0.2) is 42.6 Å². The third kappa shape index (κ3) is 1.78. The number of hydrogen-bond acceptors (Lipinski definition) is 3. The third-order valence-corrected chi connectivity index (χ3v) is 4.35. The van der Waals surface area contributed by atoms with Crippen molar-refractivity contribution in [3.63, 3.8) is 0 Å². The van der Waals surface area contributed by atoms with Crippen molar-refractivity contribution in [1.82, 2.24) is 23.6 Å². The lowest BCUT2D eigenvalue weighted by Gasteiger charge is -2.14. The summed E-state index contributed by atoms with van der Waals surface area (Å²) in [7, 11) is 1.87. The summed E-state index contributed by atoms with van der Waals surface area (Å²) in [5.41, 5.74) is 1.49. The highest BCUT2D eigenvalue weighted by Gasteiger charge is 2.21. The molecule has 4 rings (SSSR count). The van der Waals surface area contributed by atoms with Gasteiger partial charge in [0.25, 0.3) is 0 Å². The number of benzene rings is 1. The monoisotopic (exact) mass is 299 g/mol. The summed E-state index contributed by atoms with van der Waals surface area (Å²) in [4.78, 5) is 26.6. The molecule has 3 heterocycles. The molecule has 0 radical (unpaired) electrons. The number of hydrogen-bond donors (Lipinski definition) is 0. The van der Waals surface area contributed by atoms with Crippen molar-refractivity contribution in [2.24, 2.45) is 7.05 Å². The molecule has 0 atom stereocenters. The zero-order chi connectivity index (χ0) is 15.3. The molecule has 1 aromatic carbocycles. The predicted molar refractivity (Wildman–Crippen MR) is 81.7 cm³/mol. The number of rotatable bonds is 2. The van der Waals surface area contributed by atoms with Crippen LogP contribution in [0.15, 0.2) is 29.1 Å². The molecule has 1 saturated heterocycles. The molecule has 1 aliphatic rings. The zero-order valence-electron chi connectivity index (χ0n) is 12.4. The molecule has 2 aromatic heterocycles. The number of fused-ring (bicyclic) bond motifs is 3. The number of aromatic nitrogens is 4. The Labute approximate surface area is 126 Å². The second-order valence-corrected chi connectivity index (χ2v) is 5.71. The molecule has 0 spiro atoms. The van der Waals surface area contributed by atoms with Gasteiger partial charge in [0, 0.05) is 20.1 Å². The van der Waals surface area contributed by atoms with E-state index >= 15 is 0 Å². The van der Waals surface area contributed by atoms with Crippen LogP contribution in [0, 0.1) is 0 Å². The lowest BCUT2D eigenvalue weighted by Crippen LogP contribution is -2.34. The standard InChI is InChI=1S/C15H17N5O2/c1-17-11-6-2-3-7-12(11)20-14(17)16-19(15(20)22)10-13(21)18-8-4-5-9-18/h2-3,6-7H,4-5,8-10H2,1H3. The first kappa shape index (κ1) is 13.1. The molecule has 0 unspecified atom stereocenters. The molecule has 1 aliphatic heterocycles. The minimum absolute atomic E-state index is 0.00877. The molecule has 1 amide bonds. The predicted octanol–water partition coefficient (Wildman–Crippen LogP) is 0.610. The number of nitrogens with zero attached hydrogens (tertiary/aromatic N) is 5. The Bertz CT molecular complexity index is 927. The molecule has 22 heavy (non-hydrogen) atoms. The molecule has 7 heteroatoms. The van der Waals surface area contributed by atoms with Gasteiger partial charge in [0.2, 0.25) is 11.7 Å². The Morgan fingerprint density at radius 3 is 2.59 bits per heavy atom. The molecule has 3 aromatic rings. The van der Waals surface area contributed by atoms with E-state index in [1.54, 1.807) is 9.30 Å². The van der Waals surface area contributed by atoms with E-state index in [9.17, 15) is 9.59 Å². The summed E-state index contributed by atoms with van der Waals surface area (Å²) in [5, 5.41) is 4.34. The first-order valence-electron chi connectivity index (χ1n) is 7.47. The largest absolute Gasteiger partial charge is 0.352 e. The number of aryl methyl sites for hydroxylation is 1. The number of amides is 1. The fourth-order valence-electron chi connectivity index (χ4n) is 3.17. The van der Waals surface area contributed by atoms with Crippen LogP contribution in [0.5, 0.6) is 0 Å². The summed E-state index contributed by atoms with van der Waals surface area (Å²) in [6.45, 7) is 1.57. The Balaban J connectivity index is 1.80. The first-order valence-corrected chi connectivity index (χ1v) is 7.47. The quantitative estimate of drug-likeness (QED) is 0.696. The molecular formula is C15H17N5O2. The summed E-state index contributed by atoms with van der Waals surface area (Å²) in [6.07, 6.45) is 2.08. The van der Waals surface area contributed by atoms with Gasteiger partial charge in [-0.05, 0) is 25.0 Å². The van der Waals surface area contributed by atoms with E-state index in [-0.39, 0.29) is 18.1 Å². The van der Waals surface area contributed by atoms with E-state index in [1.165, 1.54) is 4.68 Å². The van der Waals surface area contributed by atoms with Gasteiger partial charge in [0.05, 0.1) is 11.0 Å². The van der Waals surface area contributed by atoms with Crippen molar-refractivity contribution in [1.29, 1.82) is 0 Å². The van der Waals surface area contributed by atoms with E-state index in [0.717, 1.165) is 37.0 Å². The van der Waals surface area contributed by atoms with Gasteiger partial charge in [-0.2, -0.15) is 0 Å². The van der Waals surface area contributed by atoms with Gasteiger partial charge in [0.15, 0.2) is 0 Å². The average molecular weight is 299 g/mol. The molecule has 1 fully saturated rings. The fourth-order valence-corrected chi connectivity index (χ4v) is 3.17. The van der Waals surface area contributed by atoms with Crippen LogP contribution < -0.4 is 5.69 Å². The minimum Gasteiger partial charge on any atom is -0.341 e. The highest BCUT2D eigenvalue weighted by atomic mass is 16.2. The van der Waals surface area contributed by atoms with E-state index in [0.29, 0.717) is 5.78 Å². The Morgan fingerprint density at radius 1 is 1.18 bits per heavy atom. The van der Waals surface area contributed by atoms with Crippen LogP contribution in [-0.2, 0) is 18.4 Å². The van der Waals surface area contributed by atoms with E-state index in [4.69, 9.17) is 0 Å². The molecule has 0 N–H and O–H groups in total. The van der Waals surface area contributed by atoms with E-state index in [1.807, 2.05) is 35.9 Å². The average Bonchev–Trinajstić information content (AvgIpc) is 3.21. The maximum absolute atomic E-state index is 12.6. The van der Waals surface area contributed by atoms with Crippen molar-refractivity contribution in [2.75, 3.05) is 13.1 Å². The van der Waals surface area contributed by atoms with Crippen LogP contribution >= 0.6 is 0 Å². The maximum atomic E-state index is 12.6. The van der Waals surface area contributed by atoms with Crippen molar-refractivity contribution >= 4 is 22.7 Å². The molecule has 114 valence electrons. The third-order valence-electron chi connectivity index (χ3n) is 4.35. The van der Waals surface area contributed by atoms with E-state index in [2.05, 4.69) is 5.10 Å². The zero-order valence-corrected chi connectivity index (χ0v) is 12.4. The molecule has 0 bridgehead atoms. The van der Waals surface area contributed by atoms with Gasteiger partial charge in [0.1, 0.15) is 6.54 Å². The summed E-state index contributed by atoms with van der Waals surface area (Å²) in [5.74, 6) is 0.521.